The summed E-state index contributed by atoms with van der Waals surface area (Å²) in [5, 5.41) is 23.0. The summed E-state index contributed by atoms with van der Waals surface area (Å²) in [6.07, 6.45) is 36.5. The van der Waals surface area contributed by atoms with Gasteiger partial charge in [-0.1, -0.05) is 184 Å². The van der Waals surface area contributed by atoms with Crippen LogP contribution in [0, 0.1) is 5.41 Å². The number of phenols is 1. The molecule has 4 N–H and O–H groups in total. The molecular weight excluding hydrogens is 1210 g/mol. The SMILES string of the molecule is CCCCCCCCCCCCCCCCCC(=NC1CC(C)(C)N(CCCCCC(CCCCC2C(=NC3CC(C)(C)NC(C)(C)C3)c3nc(NC(C)(C)CC(C)(C)C)nc2n3)=NC2CC(C)(C)NC(C)(C)C2)C(C)(C)C1)OC(=O)CCc1cc(C(C)(C)C)c(O)c(C(C)(C)C)c1. The lowest BCUT2D eigenvalue weighted by Crippen LogP contribution is -2.61. The van der Waals surface area contributed by atoms with Gasteiger partial charge in [0.15, 0.2) is 11.7 Å². The number of esters is 1. The summed E-state index contributed by atoms with van der Waals surface area (Å²) in [7, 11) is 0. The van der Waals surface area contributed by atoms with Gasteiger partial charge in [-0.2, -0.15) is 9.97 Å². The van der Waals surface area contributed by atoms with Crippen molar-refractivity contribution in [1.82, 2.24) is 30.5 Å². The first kappa shape index (κ1) is 83.1. The minimum atomic E-state index is -0.243. The highest BCUT2D eigenvalue weighted by Crippen LogP contribution is 2.43. The van der Waals surface area contributed by atoms with Crippen LogP contribution < -0.4 is 16.0 Å². The minimum Gasteiger partial charge on any atom is -0.507 e. The van der Waals surface area contributed by atoms with Crippen LogP contribution in [0.15, 0.2) is 27.1 Å². The predicted octanol–water partition coefficient (Wildman–Crippen LogP) is 21.7. The van der Waals surface area contributed by atoms with Crippen molar-refractivity contribution in [2.75, 3.05) is 11.9 Å². The number of nitrogens with zero attached hydrogens (tertiary/aromatic N) is 7. The highest BCUT2D eigenvalue weighted by atomic mass is 16.5. The number of ether oxygens (including phenoxy) is 1. The molecule has 2 aromatic rings. The molecule has 0 aliphatic carbocycles. The highest BCUT2D eigenvalue weighted by Gasteiger charge is 2.46. The van der Waals surface area contributed by atoms with Gasteiger partial charge in [-0.25, -0.2) is 4.98 Å². The van der Waals surface area contributed by atoms with E-state index in [2.05, 4.69) is 199 Å². The molecule has 558 valence electrons. The molecule has 1 aromatic carbocycles. The van der Waals surface area contributed by atoms with E-state index < -0.39 is 0 Å². The number of aliphatic imine (C=N–C) groups is 3. The average Bonchev–Trinajstić information content (AvgIpc) is 1.32. The Morgan fingerprint density at radius 2 is 1.01 bits per heavy atom. The number of unbranched alkanes of at least 4 members (excludes halogenated alkanes) is 17. The molecule has 13 heteroatoms. The first-order valence-corrected chi connectivity index (χ1v) is 40.0. The standard InChI is InChI=1S/C85H150N10O3/c1-25-26-27-28-29-30-31-32-33-34-35-36-37-38-41-48-69(98-70(96)50-49-61-52-67(77(5,6)7)72(97)68(53-61)78(8,9)10)87-65-58-84(21,22)95(85(23,24)59-65)51-44-39-40-45-62(86-63-54-79(11,12)93-80(13,14)55-63)46-42-43-47-66-71(88-64-56-81(15,16)94-82(17,18)57-64)74-89-73(66)90-75(91-74)92-83(19,20)60-76(2,3)4/h52-53,63-66,93-94,97H,25-51,54-60H2,1-24H3,(H,89,90,91,92). The van der Waals surface area contributed by atoms with Crippen LogP contribution in [0.25, 0.3) is 0 Å². The van der Waals surface area contributed by atoms with Gasteiger partial charge in [-0.05, 0) is 233 Å². The quantitative estimate of drug-likeness (QED) is 0.0224. The Morgan fingerprint density at radius 1 is 0.561 bits per heavy atom. The lowest BCUT2D eigenvalue weighted by atomic mass is 9.77. The lowest BCUT2D eigenvalue weighted by Gasteiger charge is -2.55. The number of anilines is 1. The van der Waals surface area contributed by atoms with E-state index in [0.717, 1.165) is 150 Å². The van der Waals surface area contributed by atoms with Gasteiger partial charge in [0.2, 0.25) is 5.95 Å². The molecule has 4 aliphatic heterocycles. The lowest BCUT2D eigenvalue weighted by molar-refractivity contribution is -0.135. The number of hydrogen-bond acceptors (Lipinski definition) is 13. The number of likely N-dealkylation sites (tertiary alicyclic amines) is 1. The van der Waals surface area contributed by atoms with Crippen molar-refractivity contribution in [3.05, 3.63) is 40.5 Å². The molecule has 0 saturated carbocycles. The number of rotatable bonds is 36. The molecule has 1 aromatic heterocycles. The van der Waals surface area contributed by atoms with Crippen molar-refractivity contribution in [3.63, 3.8) is 0 Å². The Labute approximate surface area is 601 Å². The first-order chi connectivity index (χ1) is 45.3. The number of carbonyl (C=O) groups is 1. The van der Waals surface area contributed by atoms with Gasteiger partial charge in [0.25, 0.3) is 0 Å². The van der Waals surface area contributed by atoms with E-state index in [4.69, 9.17) is 34.7 Å². The maximum Gasteiger partial charge on any atom is 0.312 e. The van der Waals surface area contributed by atoms with Crippen LogP contribution in [-0.4, -0.2) is 112 Å². The van der Waals surface area contributed by atoms with Gasteiger partial charge in [0.1, 0.15) is 11.6 Å². The molecule has 5 heterocycles. The molecule has 13 nitrogen and oxygen atoms in total. The van der Waals surface area contributed by atoms with Gasteiger partial charge in [-0.15, -0.1) is 0 Å². The van der Waals surface area contributed by atoms with Crippen LogP contribution in [0.2, 0.25) is 0 Å². The van der Waals surface area contributed by atoms with Crippen molar-refractivity contribution >= 4 is 29.2 Å². The smallest absolute Gasteiger partial charge is 0.312 e. The van der Waals surface area contributed by atoms with E-state index in [0.29, 0.717) is 36.5 Å². The summed E-state index contributed by atoms with van der Waals surface area (Å²) in [4.78, 5) is 49.0. The Bertz CT molecular complexity index is 2840. The average molecular weight is 1360 g/mol. The number of aryl methyl sites for hydroxylation is 1. The third-order valence-electron chi connectivity index (χ3n) is 21.4. The van der Waals surface area contributed by atoms with Gasteiger partial charge >= 0.3 is 5.97 Å². The van der Waals surface area contributed by atoms with Gasteiger partial charge in [0, 0.05) is 50.9 Å². The number of hydrogen-bond donors (Lipinski definition) is 4. The second-order valence-corrected chi connectivity index (χ2v) is 39.4. The summed E-state index contributed by atoms with van der Waals surface area (Å²) in [5.74, 6) is 3.09. The number of fused-ring (bicyclic) bond motifs is 2. The summed E-state index contributed by atoms with van der Waals surface area (Å²) >= 11 is 0. The van der Waals surface area contributed by atoms with Crippen LogP contribution in [0.1, 0.15) is 406 Å². The number of carbonyl (C=O) groups excluding carboxylic acids is 1. The molecule has 6 rings (SSSR count). The number of piperidine rings is 3. The van der Waals surface area contributed by atoms with E-state index >= 15 is 0 Å². The Morgan fingerprint density at radius 3 is 1.50 bits per heavy atom. The number of aromatic nitrogens is 3. The molecule has 0 amide bonds. The molecule has 0 spiro atoms. The molecule has 4 aliphatic rings. The molecule has 3 saturated heterocycles. The monoisotopic (exact) mass is 1360 g/mol. The summed E-state index contributed by atoms with van der Waals surface area (Å²) in [5.41, 5.74) is 4.60. The summed E-state index contributed by atoms with van der Waals surface area (Å²) in [6.45, 7) is 55.9. The molecule has 0 radical (unpaired) electrons. The Hall–Kier alpha value is -3.81. The van der Waals surface area contributed by atoms with Crippen molar-refractivity contribution < 1.29 is 14.6 Å². The van der Waals surface area contributed by atoms with E-state index in [-0.39, 0.29) is 85.4 Å². The molecule has 2 bridgehead atoms. The predicted molar refractivity (Wildman–Crippen MR) is 419 cm³/mol. The number of benzene rings is 1. The normalized spacial score (nSPS) is 21.3. The Balaban J connectivity index is 1.10. The summed E-state index contributed by atoms with van der Waals surface area (Å²) in [6, 6.07) is 4.73. The first-order valence-electron chi connectivity index (χ1n) is 40.0. The fourth-order valence-electron chi connectivity index (χ4n) is 18.3. The molecule has 1 atom stereocenters. The van der Waals surface area contributed by atoms with Gasteiger partial charge < -0.3 is 25.8 Å². The largest absolute Gasteiger partial charge is 0.507 e. The summed E-state index contributed by atoms with van der Waals surface area (Å²) < 4.78 is 6.41. The van der Waals surface area contributed by atoms with E-state index in [1.165, 1.54) is 89.2 Å². The molecule has 1 unspecified atom stereocenters. The Kier molecular flexibility index (Phi) is 29.8. The van der Waals surface area contributed by atoms with Crippen LogP contribution in [0.4, 0.5) is 5.95 Å². The highest BCUT2D eigenvalue weighted by molar-refractivity contribution is 6.04. The van der Waals surface area contributed by atoms with Gasteiger partial charge in [-0.3, -0.25) is 24.7 Å². The zero-order valence-electron chi connectivity index (χ0n) is 67.9. The molecule has 3 fully saturated rings. The second-order valence-electron chi connectivity index (χ2n) is 39.4. The topological polar surface area (TPSA) is 162 Å². The van der Waals surface area contributed by atoms with Crippen LogP contribution in [0.3, 0.4) is 0 Å². The fraction of sp³-hybridized carbons (Fsp3) is 0.847. The van der Waals surface area contributed by atoms with Crippen molar-refractivity contribution in [1.29, 1.82) is 0 Å². The van der Waals surface area contributed by atoms with E-state index in [1.54, 1.807) is 0 Å². The number of aromatic hydroxyl groups is 1. The molecule has 98 heavy (non-hydrogen) atoms. The van der Waals surface area contributed by atoms with E-state index in [1.807, 2.05) is 0 Å². The third-order valence-corrected chi connectivity index (χ3v) is 21.4. The fourth-order valence-corrected chi connectivity index (χ4v) is 18.3. The zero-order valence-corrected chi connectivity index (χ0v) is 67.9. The minimum absolute atomic E-state index is 0.0227. The van der Waals surface area contributed by atoms with Crippen molar-refractivity contribution in [2.45, 2.75) is 452 Å². The van der Waals surface area contributed by atoms with Crippen LogP contribution in [-0.2, 0) is 26.8 Å². The maximum absolute atomic E-state index is 14.1. The van der Waals surface area contributed by atoms with Crippen molar-refractivity contribution in [2.24, 2.45) is 20.4 Å². The zero-order chi connectivity index (χ0) is 72.8. The second kappa shape index (κ2) is 35.1. The third kappa shape index (κ3) is 27.8. The number of nitrogens with one attached hydrogen (secondary N) is 3. The van der Waals surface area contributed by atoms with Gasteiger partial charge in [0.05, 0.1) is 36.2 Å². The van der Waals surface area contributed by atoms with Crippen LogP contribution >= 0.6 is 0 Å². The maximum atomic E-state index is 14.1. The number of phenolic OH excluding ortho intramolecular Hbond substituents is 1. The van der Waals surface area contributed by atoms with Crippen LogP contribution in [0.5, 0.6) is 5.75 Å². The van der Waals surface area contributed by atoms with E-state index in [9.17, 15) is 9.90 Å². The van der Waals surface area contributed by atoms with Crippen molar-refractivity contribution in [3.8, 4) is 5.75 Å². The molecular formula is C85H150N10O3.